The van der Waals surface area contributed by atoms with E-state index >= 15 is 0 Å². The van der Waals surface area contributed by atoms with Crippen LogP contribution >= 0.6 is 0 Å². The highest BCUT2D eigenvalue weighted by Crippen LogP contribution is 2.25. The molecule has 1 heterocycles. The molecule has 2 aromatic rings. The highest BCUT2D eigenvalue weighted by molar-refractivity contribution is 5.76. The van der Waals surface area contributed by atoms with E-state index in [2.05, 4.69) is 4.90 Å². The summed E-state index contributed by atoms with van der Waals surface area (Å²) in [6, 6.07) is 13.6. The van der Waals surface area contributed by atoms with Gasteiger partial charge in [-0.2, -0.15) is 0 Å². The van der Waals surface area contributed by atoms with Gasteiger partial charge in [0.15, 0.2) is 6.54 Å². The number of carbonyl (C=O) groups is 1. The van der Waals surface area contributed by atoms with Crippen molar-refractivity contribution >= 4 is 11.6 Å². The fourth-order valence-electron chi connectivity index (χ4n) is 3.27. The van der Waals surface area contributed by atoms with Gasteiger partial charge in [-0.3, -0.25) is 4.79 Å². The minimum Gasteiger partial charge on any atom is -0.506 e. The summed E-state index contributed by atoms with van der Waals surface area (Å²) in [5.74, 6) is 0.112. The maximum atomic E-state index is 13.0. The van der Waals surface area contributed by atoms with Crippen molar-refractivity contribution in [3.05, 3.63) is 59.9 Å². The number of phenols is 1. The van der Waals surface area contributed by atoms with Gasteiger partial charge in [-0.1, -0.05) is 24.3 Å². The van der Waals surface area contributed by atoms with Crippen LogP contribution in [0, 0.1) is 5.82 Å². The summed E-state index contributed by atoms with van der Waals surface area (Å²) in [7, 11) is 1.78. The zero-order valence-corrected chi connectivity index (χ0v) is 15.0. The summed E-state index contributed by atoms with van der Waals surface area (Å²) in [5, 5.41) is 9.97. The highest BCUT2D eigenvalue weighted by Gasteiger charge is 2.24. The largest absolute Gasteiger partial charge is 0.506 e. The maximum Gasteiger partial charge on any atom is 0.277 e. The standard InChI is InChI=1S/C20H24FN3O2/c1-22(14-16-6-8-17(21)9-7-16)20(26)15-23-10-12-24(13-11-23)18-4-2-3-5-19(18)25/h2-9,25H,10-15H2,1H3/p+1. The lowest BCUT2D eigenvalue weighted by atomic mass is 10.2. The Hall–Kier alpha value is -2.60. The van der Waals surface area contributed by atoms with Gasteiger partial charge in [0.05, 0.1) is 31.9 Å². The normalized spacial score (nSPS) is 15.1. The number of piperazine rings is 1. The summed E-state index contributed by atoms with van der Waals surface area (Å²) in [6.07, 6.45) is 0. The van der Waals surface area contributed by atoms with E-state index < -0.39 is 0 Å². The molecule has 0 atom stereocenters. The van der Waals surface area contributed by atoms with E-state index in [0.717, 1.165) is 37.4 Å². The number of likely N-dealkylation sites (N-methyl/N-ethyl adjacent to an activating group) is 1. The molecule has 2 N–H and O–H groups in total. The fraction of sp³-hybridized carbons (Fsp3) is 0.350. The molecular formula is C20H25FN3O2+. The van der Waals surface area contributed by atoms with Crippen molar-refractivity contribution in [1.82, 2.24) is 4.90 Å². The number of aromatic hydroxyl groups is 1. The Labute approximate surface area is 153 Å². The molecule has 0 aromatic heterocycles. The molecule has 1 aliphatic rings. The Balaban J connectivity index is 1.48. The predicted octanol–water partition coefficient (Wildman–Crippen LogP) is 0.895. The van der Waals surface area contributed by atoms with Crippen LogP contribution in [-0.2, 0) is 11.3 Å². The molecule has 1 fully saturated rings. The zero-order chi connectivity index (χ0) is 18.5. The van der Waals surface area contributed by atoms with Crippen LogP contribution in [-0.4, -0.2) is 55.7 Å². The summed E-state index contributed by atoms with van der Waals surface area (Å²) in [6.45, 7) is 4.25. The number of benzene rings is 2. The maximum absolute atomic E-state index is 13.0. The Kier molecular flexibility index (Phi) is 5.73. The van der Waals surface area contributed by atoms with Crippen molar-refractivity contribution < 1.29 is 19.2 Å². The molecule has 1 amide bonds. The minimum absolute atomic E-state index is 0.0836. The second kappa shape index (κ2) is 8.19. The number of phenolic OH excluding ortho intramolecular Hbond substituents is 1. The van der Waals surface area contributed by atoms with E-state index in [4.69, 9.17) is 0 Å². The average Bonchev–Trinajstić information content (AvgIpc) is 2.65. The Morgan fingerprint density at radius 3 is 2.46 bits per heavy atom. The smallest absolute Gasteiger partial charge is 0.277 e. The lowest BCUT2D eigenvalue weighted by Crippen LogP contribution is -3.15. The molecule has 1 saturated heterocycles. The molecule has 6 heteroatoms. The van der Waals surface area contributed by atoms with E-state index in [1.54, 1.807) is 30.1 Å². The van der Waals surface area contributed by atoms with Gasteiger partial charge in [0, 0.05) is 13.6 Å². The predicted molar refractivity (Wildman–Crippen MR) is 98.8 cm³/mol. The third-order valence-corrected chi connectivity index (χ3v) is 4.85. The van der Waals surface area contributed by atoms with E-state index in [9.17, 15) is 14.3 Å². The van der Waals surface area contributed by atoms with E-state index in [1.165, 1.54) is 17.0 Å². The first-order chi connectivity index (χ1) is 12.5. The van der Waals surface area contributed by atoms with E-state index in [1.807, 2.05) is 18.2 Å². The van der Waals surface area contributed by atoms with Gasteiger partial charge in [0.25, 0.3) is 5.91 Å². The molecule has 3 rings (SSSR count). The number of para-hydroxylation sites is 2. The number of halogens is 1. The molecule has 138 valence electrons. The zero-order valence-electron chi connectivity index (χ0n) is 15.0. The number of hydrogen-bond acceptors (Lipinski definition) is 3. The van der Waals surface area contributed by atoms with Crippen LogP contribution in [0.3, 0.4) is 0 Å². The number of hydrogen-bond donors (Lipinski definition) is 2. The number of quaternary nitrogens is 1. The molecule has 1 aliphatic heterocycles. The molecule has 2 aromatic carbocycles. The molecule has 0 bridgehead atoms. The van der Waals surface area contributed by atoms with Crippen LogP contribution in [0.5, 0.6) is 5.75 Å². The monoisotopic (exact) mass is 358 g/mol. The lowest BCUT2D eigenvalue weighted by Gasteiger charge is -2.34. The summed E-state index contributed by atoms with van der Waals surface area (Å²) < 4.78 is 13.0. The van der Waals surface area contributed by atoms with Crippen molar-refractivity contribution in [2.24, 2.45) is 0 Å². The molecule has 0 unspecified atom stereocenters. The molecule has 0 spiro atoms. The van der Waals surface area contributed by atoms with Gasteiger partial charge in [-0.25, -0.2) is 4.39 Å². The van der Waals surface area contributed by atoms with E-state index in [0.29, 0.717) is 18.8 Å². The average molecular weight is 358 g/mol. The first-order valence-electron chi connectivity index (χ1n) is 8.88. The van der Waals surface area contributed by atoms with Crippen LogP contribution in [0.15, 0.2) is 48.5 Å². The number of nitrogens with zero attached hydrogens (tertiary/aromatic N) is 2. The number of anilines is 1. The van der Waals surface area contributed by atoms with Gasteiger partial charge < -0.3 is 19.8 Å². The van der Waals surface area contributed by atoms with Crippen LogP contribution in [0.4, 0.5) is 10.1 Å². The third kappa shape index (κ3) is 4.52. The molecule has 0 saturated carbocycles. The van der Waals surface area contributed by atoms with Crippen molar-refractivity contribution in [3.63, 3.8) is 0 Å². The molecular weight excluding hydrogens is 333 g/mol. The van der Waals surface area contributed by atoms with Gasteiger partial charge >= 0.3 is 0 Å². The molecule has 26 heavy (non-hydrogen) atoms. The lowest BCUT2D eigenvalue weighted by molar-refractivity contribution is -0.892. The van der Waals surface area contributed by atoms with Crippen LogP contribution in [0.25, 0.3) is 0 Å². The fourth-order valence-corrected chi connectivity index (χ4v) is 3.27. The van der Waals surface area contributed by atoms with Crippen molar-refractivity contribution in [2.45, 2.75) is 6.54 Å². The number of amides is 1. The quantitative estimate of drug-likeness (QED) is 0.835. The van der Waals surface area contributed by atoms with Crippen LogP contribution < -0.4 is 9.80 Å². The third-order valence-electron chi connectivity index (χ3n) is 4.85. The van der Waals surface area contributed by atoms with Gasteiger partial charge in [-0.05, 0) is 29.8 Å². The Morgan fingerprint density at radius 1 is 1.15 bits per heavy atom. The second-order valence-electron chi connectivity index (χ2n) is 6.78. The first-order valence-corrected chi connectivity index (χ1v) is 8.88. The van der Waals surface area contributed by atoms with Gasteiger partial charge in [0.1, 0.15) is 11.6 Å². The van der Waals surface area contributed by atoms with Crippen molar-refractivity contribution in [1.29, 1.82) is 0 Å². The second-order valence-corrected chi connectivity index (χ2v) is 6.78. The van der Waals surface area contributed by atoms with Gasteiger partial charge in [0.2, 0.25) is 0 Å². The Morgan fingerprint density at radius 2 is 1.81 bits per heavy atom. The SMILES string of the molecule is CN(Cc1ccc(F)cc1)C(=O)C[NH+]1CCN(c2ccccc2O)CC1. The first kappa shape index (κ1) is 18.2. The van der Waals surface area contributed by atoms with Gasteiger partial charge in [-0.15, -0.1) is 0 Å². The highest BCUT2D eigenvalue weighted by atomic mass is 19.1. The van der Waals surface area contributed by atoms with Crippen molar-refractivity contribution in [3.8, 4) is 5.75 Å². The minimum atomic E-state index is -0.269. The summed E-state index contributed by atoms with van der Waals surface area (Å²) >= 11 is 0. The van der Waals surface area contributed by atoms with Crippen LogP contribution in [0.1, 0.15) is 5.56 Å². The number of carbonyl (C=O) groups excluding carboxylic acids is 1. The molecule has 5 nitrogen and oxygen atoms in total. The summed E-state index contributed by atoms with van der Waals surface area (Å²) in [5.41, 5.74) is 1.77. The van der Waals surface area contributed by atoms with E-state index in [-0.39, 0.29) is 11.7 Å². The topological polar surface area (TPSA) is 48.2 Å². The number of rotatable bonds is 5. The summed E-state index contributed by atoms with van der Waals surface area (Å²) in [4.78, 5) is 17.6. The number of nitrogens with one attached hydrogen (secondary N) is 1. The molecule has 0 radical (unpaired) electrons. The van der Waals surface area contributed by atoms with Crippen LogP contribution in [0.2, 0.25) is 0 Å². The Bertz CT molecular complexity index is 743. The molecule has 0 aliphatic carbocycles. The van der Waals surface area contributed by atoms with Crippen molar-refractivity contribution in [2.75, 3.05) is 44.7 Å².